The summed E-state index contributed by atoms with van der Waals surface area (Å²) in [6.45, 7) is 0.764. The normalized spacial score (nSPS) is 13.5. The van der Waals surface area contributed by atoms with E-state index in [0.29, 0.717) is 5.56 Å². The molecule has 0 fully saturated rings. The summed E-state index contributed by atoms with van der Waals surface area (Å²) in [5.74, 6) is 0.0531. The molecule has 2 aromatic rings. The smallest absolute Gasteiger partial charge is 0.258 e. The number of hydrogen-bond acceptors (Lipinski definition) is 2. The lowest BCUT2D eigenvalue weighted by atomic mass is 10.2. The number of rotatable bonds is 1. The van der Waals surface area contributed by atoms with Crippen molar-refractivity contribution in [2.24, 2.45) is 0 Å². The second-order valence-electron chi connectivity index (χ2n) is 4.07. The molecule has 3 heteroatoms. The van der Waals surface area contributed by atoms with E-state index < -0.39 is 0 Å². The van der Waals surface area contributed by atoms with E-state index in [4.69, 9.17) is 0 Å². The number of benzene rings is 1. The number of hydrogen-bond donors (Lipinski definition) is 0. The zero-order valence-corrected chi connectivity index (χ0v) is 9.34. The Bertz CT molecular complexity index is 551. The molecule has 2 heterocycles. The number of aromatic nitrogens is 1. The average molecular weight is 224 g/mol. The summed E-state index contributed by atoms with van der Waals surface area (Å²) < 4.78 is 0. The van der Waals surface area contributed by atoms with E-state index >= 15 is 0 Å². The van der Waals surface area contributed by atoms with Crippen LogP contribution >= 0.6 is 0 Å². The largest absolute Gasteiger partial charge is 0.308 e. The minimum Gasteiger partial charge on any atom is -0.308 e. The van der Waals surface area contributed by atoms with Crippen molar-refractivity contribution in [1.82, 2.24) is 4.98 Å². The monoisotopic (exact) mass is 224 g/mol. The Balaban J connectivity index is 1.95. The summed E-state index contributed by atoms with van der Waals surface area (Å²) in [6, 6.07) is 11.6. The lowest BCUT2D eigenvalue weighted by Gasteiger charge is -2.17. The molecule has 0 unspecified atom stereocenters. The molecule has 0 bridgehead atoms. The van der Waals surface area contributed by atoms with Gasteiger partial charge in [-0.05, 0) is 30.2 Å². The van der Waals surface area contributed by atoms with E-state index in [2.05, 4.69) is 11.1 Å². The maximum Gasteiger partial charge on any atom is 0.258 e. The van der Waals surface area contributed by atoms with E-state index in [0.717, 1.165) is 18.7 Å². The molecular weight excluding hydrogens is 212 g/mol. The van der Waals surface area contributed by atoms with Gasteiger partial charge in [0.15, 0.2) is 0 Å². The minimum absolute atomic E-state index is 0.0531. The molecule has 0 radical (unpaired) electrons. The van der Waals surface area contributed by atoms with Crippen molar-refractivity contribution >= 4 is 11.6 Å². The topological polar surface area (TPSA) is 33.2 Å². The lowest BCUT2D eigenvalue weighted by molar-refractivity contribution is 0.0989. The Morgan fingerprint density at radius 3 is 2.71 bits per heavy atom. The average Bonchev–Trinajstić information content (AvgIpc) is 2.83. The molecular formula is C14H12N2O. The van der Waals surface area contributed by atoms with Crippen LogP contribution < -0.4 is 4.90 Å². The van der Waals surface area contributed by atoms with Crippen molar-refractivity contribution in [2.45, 2.75) is 6.42 Å². The molecule has 17 heavy (non-hydrogen) atoms. The number of anilines is 1. The lowest BCUT2D eigenvalue weighted by Crippen LogP contribution is -2.28. The van der Waals surface area contributed by atoms with Crippen LogP contribution in [-0.2, 0) is 6.42 Å². The number of pyridine rings is 1. The summed E-state index contributed by atoms with van der Waals surface area (Å²) in [7, 11) is 0. The number of carbonyl (C=O) groups is 1. The first-order valence-corrected chi connectivity index (χ1v) is 5.66. The zero-order valence-electron chi connectivity index (χ0n) is 9.34. The maximum atomic E-state index is 12.3. The molecule has 0 saturated carbocycles. The highest BCUT2D eigenvalue weighted by atomic mass is 16.2. The molecule has 1 aromatic carbocycles. The van der Waals surface area contributed by atoms with E-state index in [-0.39, 0.29) is 5.91 Å². The summed E-state index contributed by atoms with van der Waals surface area (Å²) in [4.78, 5) is 18.1. The predicted molar refractivity (Wildman–Crippen MR) is 66.1 cm³/mol. The van der Waals surface area contributed by atoms with Gasteiger partial charge in [-0.2, -0.15) is 0 Å². The van der Waals surface area contributed by atoms with Crippen molar-refractivity contribution in [3.8, 4) is 0 Å². The standard InChI is InChI=1S/C14H12N2O/c17-14(12-5-8-15-9-6-12)16-10-7-11-3-1-2-4-13(11)16/h1-6,8-9H,7,10H2. The van der Waals surface area contributed by atoms with Crippen LogP contribution in [0.4, 0.5) is 5.69 Å². The molecule has 1 aliphatic rings. The first kappa shape index (κ1) is 10.0. The first-order valence-electron chi connectivity index (χ1n) is 5.66. The second kappa shape index (κ2) is 4.01. The summed E-state index contributed by atoms with van der Waals surface area (Å²) in [6.07, 6.45) is 4.23. The van der Waals surface area contributed by atoms with Gasteiger partial charge in [-0.15, -0.1) is 0 Å². The molecule has 1 aliphatic heterocycles. The molecule has 0 N–H and O–H groups in total. The third kappa shape index (κ3) is 1.69. The molecule has 0 saturated heterocycles. The van der Waals surface area contributed by atoms with Crippen LogP contribution in [0.3, 0.4) is 0 Å². The summed E-state index contributed by atoms with van der Waals surface area (Å²) in [5.41, 5.74) is 2.97. The van der Waals surface area contributed by atoms with Gasteiger partial charge in [-0.3, -0.25) is 9.78 Å². The maximum absolute atomic E-state index is 12.3. The van der Waals surface area contributed by atoms with E-state index in [1.807, 2.05) is 23.1 Å². The number of fused-ring (bicyclic) bond motifs is 1. The first-order chi connectivity index (χ1) is 8.36. The van der Waals surface area contributed by atoms with Crippen molar-refractivity contribution in [1.29, 1.82) is 0 Å². The van der Waals surface area contributed by atoms with Crippen molar-refractivity contribution in [2.75, 3.05) is 11.4 Å². The molecule has 3 rings (SSSR count). The molecule has 3 nitrogen and oxygen atoms in total. The fourth-order valence-electron chi connectivity index (χ4n) is 2.20. The Morgan fingerprint density at radius 2 is 1.88 bits per heavy atom. The van der Waals surface area contributed by atoms with Crippen LogP contribution in [0.1, 0.15) is 15.9 Å². The molecule has 0 spiro atoms. The molecule has 0 aliphatic carbocycles. The van der Waals surface area contributed by atoms with Gasteiger partial charge >= 0.3 is 0 Å². The third-order valence-electron chi connectivity index (χ3n) is 3.06. The van der Waals surface area contributed by atoms with Crippen LogP contribution in [0.25, 0.3) is 0 Å². The second-order valence-corrected chi connectivity index (χ2v) is 4.07. The predicted octanol–water partition coefficient (Wildman–Crippen LogP) is 2.28. The summed E-state index contributed by atoms with van der Waals surface area (Å²) in [5, 5.41) is 0. The zero-order chi connectivity index (χ0) is 11.7. The molecule has 1 amide bonds. The fraction of sp³-hybridized carbons (Fsp3) is 0.143. The van der Waals surface area contributed by atoms with Crippen molar-refractivity contribution in [3.63, 3.8) is 0 Å². The van der Waals surface area contributed by atoms with Crippen LogP contribution in [-0.4, -0.2) is 17.4 Å². The van der Waals surface area contributed by atoms with Crippen LogP contribution in [0.5, 0.6) is 0 Å². The Hall–Kier alpha value is -2.16. The Labute approximate surface area is 99.7 Å². The van der Waals surface area contributed by atoms with E-state index in [1.165, 1.54) is 5.56 Å². The number of para-hydroxylation sites is 1. The number of carbonyl (C=O) groups excluding carboxylic acids is 1. The molecule has 84 valence electrons. The quantitative estimate of drug-likeness (QED) is 0.744. The van der Waals surface area contributed by atoms with Gasteiger partial charge in [0.25, 0.3) is 5.91 Å². The van der Waals surface area contributed by atoms with Crippen LogP contribution in [0.2, 0.25) is 0 Å². The van der Waals surface area contributed by atoms with Gasteiger partial charge in [0.05, 0.1) is 0 Å². The van der Waals surface area contributed by atoms with E-state index in [1.54, 1.807) is 24.5 Å². The highest BCUT2D eigenvalue weighted by molar-refractivity contribution is 6.07. The summed E-state index contributed by atoms with van der Waals surface area (Å²) >= 11 is 0. The Kier molecular flexibility index (Phi) is 2.37. The highest BCUT2D eigenvalue weighted by Crippen LogP contribution is 2.28. The highest BCUT2D eigenvalue weighted by Gasteiger charge is 2.24. The third-order valence-corrected chi connectivity index (χ3v) is 3.06. The van der Waals surface area contributed by atoms with Gasteiger partial charge < -0.3 is 4.90 Å². The van der Waals surface area contributed by atoms with Gasteiger partial charge in [0.1, 0.15) is 0 Å². The van der Waals surface area contributed by atoms with E-state index in [9.17, 15) is 4.79 Å². The van der Waals surface area contributed by atoms with Crippen LogP contribution in [0.15, 0.2) is 48.8 Å². The van der Waals surface area contributed by atoms with Gasteiger partial charge in [-0.1, -0.05) is 18.2 Å². The number of amides is 1. The van der Waals surface area contributed by atoms with Crippen LogP contribution in [0, 0.1) is 0 Å². The molecule has 0 atom stereocenters. The number of nitrogens with zero attached hydrogens (tertiary/aromatic N) is 2. The van der Waals surface area contributed by atoms with Crippen molar-refractivity contribution in [3.05, 3.63) is 59.9 Å². The Morgan fingerprint density at radius 1 is 1.12 bits per heavy atom. The fourth-order valence-corrected chi connectivity index (χ4v) is 2.20. The minimum atomic E-state index is 0.0531. The van der Waals surface area contributed by atoms with Gasteiger partial charge in [0.2, 0.25) is 0 Å². The van der Waals surface area contributed by atoms with Gasteiger partial charge in [-0.25, -0.2) is 0 Å². The van der Waals surface area contributed by atoms with Crippen molar-refractivity contribution < 1.29 is 4.79 Å². The van der Waals surface area contributed by atoms with Gasteiger partial charge in [0, 0.05) is 30.2 Å². The SMILES string of the molecule is O=C(c1ccncc1)N1CCc2ccccc21. The molecule has 1 aromatic heterocycles.